The molecule has 2 rings (SSSR count). The first-order chi connectivity index (χ1) is 8.59. The number of piperidine rings is 1. The third kappa shape index (κ3) is 2.54. The monoisotopic (exact) mass is 255 g/mol. The van der Waals surface area contributed by atoms with Gasteiger partial charge >= 0.3 is 5.97 Å². The molecule has 0 aromatic rings. The maximum atomic E-state index is 11.5. The van der Waals surface area contributed by atoms with Crippen molar-refractivity contribution in [3.8, 4) is 0 Å². The van der Waals surface area contributed by atoms with Crippen molar-refractivity contribution in [1.82, 2.24) is 4.90 Å². The van der Waals surface area contributed by atoms with Gasteiger partial charge in [0.2, 0.25) is 0 Å². The highest BCUT2D eigenvalue weighted by atomic mass is 16.5. The predicted molar refractivity (Wildman–Crippen MR) is 69.6 cm³/mol. The van der Waals surface area contributed by atoms with Gasteiger partial charge in [-0.2, -0.15) is 0 Å². The minimum absolute atomic E-state index is 0.300. The minimum atomic E-state index is -0.597. The second-order valence-electron chi connectivity index (χ2n) is 5.80. The zero-order valence-electron chi connectivity index (χ0n) is 11.5. The smallest absolute Gasteiger partial charge is 0.309 e. The van der Waals surface area contributed by atoms with Gasteiger partial charge in [-0.1, -0.05) is 13.3 Å². The average Bonchev–Trinajstić information content (AvgIpc) is 2.77. The van der Waals surface area contributed by atoms with E-state index in [0.29, 0.717) is 12.1 Å². The highest BCUT2D eigenvalue weighted by Gasteiger charge is 2.43. The van der Waals surface area contributed by atoms with Gasteiger partial charge in [-0.25, -0.2) is 0 Å². The molecule has 1 N–H and O–H groups in total. The third-order valence-corrected chi connectivity index (χ3v) is 4.74. The Bertz CT molecular complexity index is 297. The van der Waals surface area contributed by atoms with Crippen molar-refractivity contribution in [1.29, 1.82) is 0 Å². The lowest BCUT2D eigenvalue weighted by atomic mass is 9.74. The Labute approximate surface area is 109 Å². The van der Waals surface area contributed by atoms with Crippen molar-refractivity contribution in [3.63, 3.8) is 0 Å². The molecule has 2 aliphatic heterocycles. The first-order valence-electron chi connectivity index (χ1n) is 7.18. The third-order valence-electron chi connectivity index (χ3n) is 4.74. The van der Waals surface area contributed by atoms with Crippen LogP contribution in [0.2, 0.25) is 0 Å². The Balaban J connectivity index is 1.95. The van der Waals surface area contributed by atoms with Crippen LogP contribution in [0.5, 0.6) is 0 Å². The van der Waals surface area contributed by atoms with Crippen molar-refractivity contribution >= 4 is 5.97 Å². The molecule has 4 heteroatoms. The van der Waals surface area contributed by atoms with Crippen LogP contribution >= 0.6 is 0 Å². The van der Waals surface area contributed by atoms with Crippen LogP contribution in [-0.2, 0) is 9.53 Å². The van der Waals surface area contributed by atoms with E-state index in [9.17, 15) is 9.90 Å². The van der Waals surface area contributed by atoms with Crippen LogP contribution in [-0.4, -0.2) is 47.8 Å². The quantitative estimate of drug-likeness (QED) is 0.836. The number of hydrogen-bond donors (Lipinski definition) is 1. The molecule has 18 heavy (non-hydrogen) atoms. The number of carboxylic acids is 1. The largest absolute Gasteiger partial charge is 0.481 e. The van der Waals surface area contributed by atoms with Crippen LogP contribution in [0.3, 0.4) is 0 Å². The summed E-state index contributed by atoms with van der Waals surface area (Å²) in [4.78, 5) is 14.0. The molecule has 0 radical (unpaired) electrons. The summed E-state index contributed by atoms with van der Waals surface area (Å²) in [6.45, 7) is 6.86. The van der Waals surface area contributed by atoms with E-state index in [-0.39, 0.29) is 0 Å². The van der Waals surface area contributed by atoms with Crippen molar-refractivity contribution in [2.24, 2.45) is 5.41 Å². The molecule has 0 aromatic heterocycles. The van der Waals surface area contributed by atoms with Gasteiger partial charge in [0.1, 0.15) is 0 Å². The zero-order chi connectivity index (χ0) is 13.2. The Morgan fingerprint density at radius 1 is 1.44 bits per heavy atom. The molecule has 2 unspecified atom stereocenters. The lowest BCUT2D eigenvalue weighted by Gasteiger charge is -2.42. The van der Waals surface area contributed by atoms with E-state index in [0.717, 1.165) is 51.8 Å². The molecule has 2 atom stereocenters. The molecule has 0 saturated carbocycles. The molecule has 2 fully saturated rings. The molecule has 2 aliphatic rings. The van der Waals surface area contributed by atoms with E-state index >= 15 is 0 Å². The van der Waals surface area contributed by atoms with Crippen LogP contribution in [0.1, 0.15) is 46.0 Å². The maximum absolute atomic E-state index is 11.5. The molecule has 0 aliphatic carbocycles. The van der Waals surface area contributed by atoms with E-state index in [2.05, 4.69) is 18.7 Å². The van der Waals surface area contributed by atoms with Gasteiger partial charge in [-0.15, -0.1) is 0 Å². The van der Waals surface area contributed by atoms with E-state index < -0.39 is 11.4 Å². The van der Waals surface area contributed by atoms with Crippen LogP contribution in [0.4, 0.5) is 0 Å². The fourth-order valence-electron chi connectivity index (χ4n) is 3.53. The number of carbonyl (C=O) groups is 1. The second-order valence-corrected chi connectivity index (χ2v) is 5.80. The second kappa shape index (κ2) is 5.57. The number of hydrogen-bond acceptors (Lipinski definition) is 3. The molecule has 0 amide bonds. The van der Waals surface area contributed by atoms with E-state index in [4.69, 9.17) is 4.74 Å². The van der Waals surface area contributed by atoms with Gasteiger partial charge in [0.15, 0.2) is 0 Å². The molecule has 0 spiro atoms. The zero-order valence-corrected chi connectivity index (χ0v) is 11.5. The van der Waals surface area contributed by atoms with Crippen molar-refractivity contribution in [2.75, 3.05) is 19.7 Å². The van der Waals surface area contributed by atoms with Gasteiger partial charge in [0, 0.05) is 12.6 Å². The first-order valence-corrected chi connectivity index (χ1v) is 7.18. The lowest BCUT2D eigenvalue weighted by Crippen LogP contribution is -2.49. The van der Waals surface area contributed by atoms with Gasteiger partial charge in [0.25, 0.3) is 0 Å². The maximum Gasteiger partial charge on any atom is 0.309 e. The summed E-state index contributed by atoms with van der Waals surface area (Å²) in [6.07, 6.45) is 4.74. The normalized spacial score (nSPS) is 32.6. The molecule has 4 nitrogen and oxygen atoms in total. The number of likely N-dealkylation sites (tertiary alicyclic amines) is 1. The minimum Gasteiger partial charge on any atom is -0.481 e. The summed E-state index contributed by atoms with van der Waals surface area (Å²) in [6, 6.07) is 0.499. The van der Waals surface area contributed by atoms with Gasteiger partial charge in [-0.3, -0.25) is 9.69 Å². The first kappa shape index (κ1) is 13.8. The van der Waals surface area contributed by atoms with Crippen LogP contribution < -0.4 is 0 Å². The van der Waals surface area contributed by atoms with E-state index in [1.54, 1.807) is 0 Å². The lowest BCUT2D eigenvalue weighted by molar-refractivity contribution is -0.153. The highest BCUT2D eigenvalue weighted by Crippen LogP contribution is 2.38. The van der Waals surface area contributed by atoms with E-state index in [1.807, 2.05) is 0 Å². The number of carboxylic acid groups (broad SMARTS) is 1. The Kier molecular flexibility index (Phi) is 4.28. The number of rotatable bonds is 4. The Morgan fingerprint density at radius 2 is 2.11 bits per heavy atom. The van der Waals surface area contributed by atoms with Crippen LogP contribution in [0.15, 0.2) is 0 Å². The topological polar surface area (TPSA) is 49.8 Å². The summed E-state index contributed by atoms with van der Waals surface area (Å²) in [7, 11) is 0. The Hall–Kier alpha value is -0.610. The van der Waals surface area contributed by atoms with Crippen molar-refractivity contribution in [3.05, 3.63) is 0 Å². The number of nitrogens with zero attached hydrogens (tertiary/aromatic N) is 1. The molecule has 0 aromatic carbocycles. The van der Waals surface area contributed by atoms with Gasteiger partial charge < -0.3 is 9.84 Å². The average molecular weight is 255 g/mol. The molecule has 0 bridgehead atoms. The fourth-order valence-corrected chi connectivity index (χ4v) is 3.53. The Morgan fingerprint density at radius 3 is 2.56 bits per heavy atom. The van der Waals surface area contributed by atoms with Crippen LogP contribution in [0, 0.1) is 5.41 Å². The molecule has 104 valence electrons. The summed E-state index contributed by atoms with van der Waals surface area (Å²) >= 11 is 0. The van der Waals surface area contributed by atoms with Crippen molar-refractivity contribution < 1.29 is 14.6 Å². The fraction of sp³-hybridized carbons (Fsp3) is 0.929. The molecule has 2 heterocycles. The summed E-state index contributed by atoms with van der Waals surface area (Å²) in [5.41, 5.74) is -0.464. The SMILES string of the molecule is CCCC1(C(=O)O)CCN(C2CCOC2C)CC1. The molecular formula is C14H25NO3. The molecular weight excluding hydrogens is 230 g/mol. The van der Waals surface area contributed by atoms with Crippen molar-refractivity contribution in [2.45, 2.75) is 58.1 Å². The standard InChI is InChI=1S/C14H25NO3/c1-3-5-14(13(16)17)6-8-15(9-7-14)12-4-10-18-11(12)2/h11-12H,3-10H2,1-2H3,(H,16,17). The van der Waals surface area contributed by atoms with Crippen LogP contribution in [0.25, 0.3) is 0 Å². The number of aliphatic carboxylic acids is 1. The molecule has 2 saturated heterocycles. The summed E-state index contributed by atoms with van der Waals surface area (Å²) in [5, 5.41) is 9.48. The summed E-state index contributed by atoms with van der Waals surface area (Å²) in [5.74, 6) is -0.597. The van der Waals surface area contributed by atoms with E-state index in [1.165, 1.54) is 0 Å². The summed E-state index contributed by atoms with van der Waals surface area (Å²) < 4.78 is 5.61. The number of ether oxygens (including phenoxy) is 1. The predicted octanol–water partition coefficient (Wildman–Crippen LogP) is 2.13. The van der Waals surface area contributed by atoms with Gasteiger partial charge in [0.05, 0.1) is 11.5 Å². The highest BCUT2D eigenvalue weighted by molar-refractivity contribution is 5.74. The van der Waals surface area contributed by atoms with Gasteiger partial charge in [-0.05, 0) is 45.7 Å².